The molecular formula is C22H16ClN3O5. The third-order valence-electron chi connectivity index (χ3n) is 4.42. The number of ether oxygens (including phenoxy) is 1. The molecule has 31 heavy (non-hydrogen) atoms. The van der Waals surface area contributed by atoms with Crippen molar-refractivity contribution >= 4 is 40.3 Å². The standard InChI is InChI=1S/C22H16ClN3O5/c1-2-30-20-11-17(26(28)29)9-14(21(20)27)12-24-16-6-3-13(4-7-16)22-25-18-10-15(23)5-8-19(18)31-22/h3-12,27H,2H2,1H3. The van der Waals surface area contributed by atoms with E-state index in [2.05, 4.69) is 9.98 Å². The summed E-state index contributed by atoms with van der Waals surface area (Å²) in [5, 5.41) is 22.0. The number of aromatic hydroxyl groups is 1. The van der Waals surface area contributed by atoms with Crippen molar-refractivity contribution in [2.75, 3.05) is 6.61 Å². The summed E-state index contributed by atoms with van der Waals surface area (Å²) in [7, 11) is 0. The summed E-state index contributed by atoms with van der Waals surface area (Å²) in [6.07, 6.45) is 1.35. The lowest BCUT2D eigenvalue weighted by molar-refractivity contribution is -0.385. The fourth-order valence-electron chi connectivity index (χ4n) is 2.94. The molecule has 0 aliphatic rings. The second kappa shape index (κ2) is 8.45. The van der Waals surface area contributed by atoms with E-state index in [9.17, 15) is 15.2 Å². The number of hydrogen-bond acceptors (Lipinski definition) is 7. The summed E-state index contributed by atoms with van der Waals surface area (Å²) in [6.45, 7) is 1.98. The van der Waals surface area contributed by atoms with E-state index in [4.69, 9.17) is 20.8 Å². The van der Waals surface area contributed by atoms with Gasteiger partial charge in [-0.1, -0.05) is 11.6 Å². The van der Waals surface area contributed by atoms with E-state index in [1.165, 1.54) is 18.3 Å². The highest BCUT2D eigenvalue weighted by atomic mass is 35.5. The number of phenols is 1. The number of phenolic OH excluding ortho intramolecular Hbond substituents is 1. The Bertz CT molecular complexity index is 1300. The lowest BCUT2D eigenvalue weighted by Gasteiger charge is -2.07. The summed E-state index contributed by atoms with van der Waals surface area (Å²) in [5.74, 6) is 0.271. The van der Waals surface area contributed by atoms with Crippen LogP contribution in [0, 0.1) is 10.1 Å². The molecular weight excluding hydrogens is 422 g/mol. The average Bonchev–Trinajstić information content (AvgIpc) is 3.18. The van der Waals surface area contributed by atoms with Gasteiger partial charge in [0.2, 0.25) is 5.89 Å². The van der Waals surface area contributed by atoms with E-state index >= 15 is 0 Å². The number of rotatable bonds is 6. The van der Waals surface area contributed by atoms with Gasteiger partial charge in [0.05, 0.1) is 23.3 Å². The molecule has 0 saturated carbocycles. The molecule has 0 aliphatic heterocycles. The Morgan fingerprint density at radius 1 is 1.23 bits per heavy atom. The molecule has 0 unspecified atom stereocenters. The largest absolute Gasteiger partial charge is 0.504 e. The second-order valence-electron chi connectivity index (χ2n) is 6.51. The maximum Gasteiger partial charge on any atom is 0.274 e. The molecule has 0 spiro atoms. The number of fused-ring (bicyclic) bond motifs is 1. The Morgan fingerprint density at radius 3 is 2.71 bits per heavy atom. The van der Waals surface area contributed by atoms with E-state index < -0.39 is 4.92 Å². The minimum Gasteiger partial charge on any atom is -0.504 e. The molecule has 8 nitrogen and oxygen atoms in total. The third-order valence-corrected chi connectivity index (χ3v) is 4.65. The Morgan fingerprint density at radius 2 is 2.00 bits per heavy atom. The van der Waals surface area contributed by atoms with Crippen LogP contribution in [0.25, 0.3) is 22.6 Å². The van der Waals surface area contributed by atoms with Crippen LogP contribution in [0.3, 0.4) is 0 Å². The van der Waals surface area contributed by atoms with E-state index in [0.717, 1.165) is 5.56 Å². The van der Waals surface area contributed by atoms with Gasteiger partial charge in [0.15, 0.2) is 17.1 Å². The van der Waals surface area contributed by atoms with Crippen molar-refractivity contribution in [1.29, 1.82) is 0 Å². The highest BCUT2D eigenvalue weighted by molar-refractivity contribution is 6.31. The summed E-state index contributed by atoms with van der Waals surface area (Å²) in [4.78, 5) is 19.3. The third kappa shape index (κ3) is 4.34. The minimum absolute atomic E-state index is 0.0320. The van der Waals surface area contributed by atoms with Gasteiger partial charge in [0.25, 0.3) is 5.69 Å². The van der Waals surface area contributed by atoms with Gasteiger partial charge in [-0.25, -0.2) is 4.98 Å². The fraction of sp³-hybridized carbons (Fsp3) is 0.0909. The first-order valence-electron chi connectivity index (χ1n) is 9.29. The van der Waals surface area contributed by atoms with Crippen molar-refractivity contribution in [3.8, 4) is 23.0 Å². The van der Waals surface area contributed by atoms with Crippen molar-refractivity contribution in [2.45, 2.75) is 6.92 Å². The molecule has 0 fully saturated rings. The Labute approximate surface area is 181 Å². The normalized spacial score (nSPS) is 11.3. The highest BCUT2D eigenvalue weighted by Crippen LogP contribution is 2.34. The minimum atomic E-state index is -0.554. The van der Waals surface area contributed by atoms with Gasteiger partial charge in [0.1, 0.15) is 5.52 Å². The van der Waals surface area contributed by atoms with Crippen LogP contribution in [0.4, 0.5) is 11.4 Å². The van der Waals surface area contributed by atoms with Crippen molar-refractivity contribution < 1.29 is 19.2 Å². The van der Waals surface area contributed by atoms with Crippen LogP contribution in [-0.2, 0) is 0 Å². The van der Waals surface area contributed by atoms with E-state index in [0.29, 0.717) is 27.7 Å². The number of aromatic nitrogens is 1. The van der Waals surface area contributed by atoms with E-state index in [1.807, 2.05) is 0 Å². The molecule has 0 bridgehead atoms. The number of halogens is 1. The molecule has 0 aliphatic carbocycles. The molecule has 0 saturated heterocycles. The van der Waals surface area contributed by atoms with Crippen molar-refractivity contribution in [3.63, 3.8) is 0 Å². The van der Waals surface area contributed by atoms with Gasteiger partial charge < -0.3 is 14.3 Å². The first-order valence-corrected chi connectivity index (χ1v) is 9.67. The first-order chi connectivity index (χ1) is 14.9. The van der Waals surface area contributed by atoms with Gasteiger partial charge in [-0.3, -0.25) is 15.1 Å². The van der Waals surface area contributed by atoms with Crippen LogP contribution >= 0.6 is 11.6 Å². The van der Waals surface area contributed by atoms with Gasteiger partial charge >= 0.3 is 0 Å². The summed E-state index contributed by atoms with van der Waals surface area (Å²) < 4.78 is 11.0. The molecule has 1 heterocycles. The number of nitro benzene ring substituents is 1. The van der Waals surface area contributed by atoms with Crippen LogP contribution in [0.15, 0.2) is 64.0 Å². The average molecular weight is 438 g/mol. The Hall–Kier alpha value is -3.91. The number of benzene rings is 3. The maximum absolute atomic E-state index is 11.2. The summed E-state index contributed by atoms with van der Waals surface area (Å²) in [6, 6.07) is 14.7. The highest BCUT2D eigenvalue weighted by Gasteiger charge is 2.16. The van der Waals surface area contributed by atoms with Crippen LogP contribution in [-0.4, -0.2) is 27.8 Å². The lowest BCUT2D eigenvalue weighted by Crippen LogP contribution is -1.97. The lowest BCUT2D eigenvalue weighted by atomic mass is 10.1. The van der Waals surface area contributed by atoms with Gasteiger partial charge in [-0.15, -0.1) is 0 Å². The zero-order valence-electron chi connectivity index (χ0n) is 16.3. The number of non-ortho nitro benzene ring substituents is 1. The van der Waals surface area contributed by atoms with Gasteiger partial charge in [0, 0.05) is 28.4 Å². The summed E-state index contributed by atoms with van der Waals surface area (Å²) >= 11 is 5.98. The van der Waals surface area contributed by atoms with Crippen LogP contribution in [0.1, 0.15) is 12.5 Å². The van der Waals surface area contributed by atoms with Crippen molar-refractivity contribution in [3.05, 3.63) is 75.3 Å². The maximum atomic E-state index is 11.2. The zero-order chi connectivity index (χ0) is 22.0. The fourth-order valence-corrected chi connectivity index (χ4v) is 3.11. The molecule has 1 N–H and O–H groups in total. The Balaban J connectivity index is 1.60. The molecule has 1 aromatic heterocycles. The SMILES string of the molecule is CCOc1cc([N+](=O)[O-])cc(C=Nc2ccc(-c3nc4cc(Cl)ccc4o3)cc2)c1O. The second-order valence-corrected chi connectivity index (χ2v) is 6.94. The molecule has 156 valence electrons. The monoisotopic (exact) mass is 437 g/mol. The number of nitrogens with zero attached hydrogens (tertiary/aromatic N) is 3. The van der Waals surface area contributed by atoms with E-state index in [-0.39, 0.29) is 29.4 Å². The van der Waals surface area contributed by atoms with E-state index in [1.54, 1.807) is 49.4 Å². The predicted molar refractivity (Wildman–Crippen MR) is 118 cm³/mol. The molecule has 4 aromatic rings. The van der Waals surface area contributed by atoms with Crippen molar-refractivity contribution in [2.24, 2.45) is 4.99 Å². The van der Waals surface area contributed by atoms with Crippen LogP contribution in [0.5, 0.6) is 11.5 Å². The quantitative estimate of drug-likeness (QED) is 0.228. The Kier molecular flexibility index (Phi) is 5.55. The zero-order valence-corrected chi connectivity index (χ0v) is 17.0. The van der Waals surface area contributed by atoms with Crippen LogP contribution < -0.4 is 4.74 Å². The number of oxazole rings is 1. The van der Waals surface area contributed by atoms with Gasteiger partial charge in [-0.05, 0) is 49.4 Å². The molecule has 9 heteroatoms. The molecule has 0 amide bonds. The molecule has 3 aromatic carbocycles. The molecule has 0 radical (unpaired) electrons. The first kappa shape index (κ1) is 20.4. The van der Waals surface area contributed by atoms with Crippen molar-refractivity contribution in [1.82, 2.24) is 4.98 Å². The molecule has 0 atom stereocenters. The number of hydrogen-bond donors (Lipinski definition) is 1. The predicted octanol–water partition coefficient (Wildman–Crippen LogP) is 5.91. The van der Waals surface area contributed by atoms with Crippen LogP contribution in [0.2, 0.25) is 5.02 Å². The topological polar surface area (TPSA) is 111 Å². The smallest absolute Gasteiger partial charge is 0.274 e. The molecule has 4 rings (SSSR count). The summed E-state index contributed by atoms with van der Waals surface area (Å²) in [5.41, 5.74) is 2.60. The van der Waals surface area contributed by atoms with Gasteiger partial charge in [-0.2, -0.15) is 0 Å². The number of aliphatic imine (C=N–C) groups is 1. The number of nitro groups is 1.